The number of fused-ring (bicyclic) bond motifs is 1. The molecule has 142 valence electrons. The highest BCUT2D eigenvalue weighted by molar-refractivity contribution is 5.91. The molecule has 0 fully saturated rings. The first-order valence-corrected chi connectivity index (χ1v) is 8.19. The van der Waals surface area contributed by atoms with Crippen molar-refractivity contribution in [3.05, 3.63) is 67.0 Å². The van der Waals surface area contributed by atoms with E-state index in [0.717, 1.165) is 10.3 Å². The number of hydrogen-bond donors (Lipinski definition) is 1. The Morgan fingerprint density at radius 2 is 1.82 bits per heavy atom. The molecule has 0 aliphatic rings. The van der Waals surface area contributed by atoms with E-state index in [1.54, 1.807) is 41.1 Å². The average Bonchev–Trinajstić information content (AvgIpc) is 3.31. The van der Waals surface area contributed by atoms with Gasteiger partial charge in [0.2, 0.25) is 11.7 Å². The quantitative estimate of drug-likeness (QED) is 0.584. The number of benzene rings is 2. The number of imidazole rings is 1. The number of para-hydroxylation sites is 2. The number of aromatic nitrogens is 5. The number of carbonyl (C=O) groups is 1. The van der Waals surface area contributed by atoms with Gasteiger partial charge in [0.25, 0.3) is 0 Å². The van der Waals surface area contributed by atoms with Crippen LogP contribution in [0.25, 0.3) is 16.7 Å². The van der Waals surface area contributed by atoms with Crippen LogP contribution in [0.4, 0.5) is 18.9 Å². The summed E-state index contributed by atoms with van der Waals surface area (Å²) in [5.41, 5.74) is 1.61. The van der Waals surface area contributed by atoms with Gasteiger partial charge >= 0.3 is 6.18 Å². The number of anilines is 1. The zero-order chi connectivity index (χ0) is 19.7. The Labute approximate surface area is 156 Å². The van der Waals surface area contributed by atoms with Crippen LogP contribution in [0.1, 0.15) is 5.82 Å². The third-order valence-electron chi connectivity index (χ3n) is 4.04. The number of alkyl halides is 3. The van der Waals surface area contributed by atoms with Crippen molar-refractivity contribution in [1.29, 1.82) is 0 Å². The monoisotopic (exact) mass is 386 g/mol. The number of nitrogens with zero attached hydrogens (tertiary/aromatic N) is 5. The molecule has 0 bridgehead atoms. The minimum Gasteiger partial charge on any atom is -0.325 e. The molecule has 1 amide bonds. The standard InChI is InChI=1S/C18H13F3N6O/c19-18(20,21)17-25-14-3-1-2-4-15(14)26(17)9-16(28)24-12-5-7-13(8-6-12)27-11-22-10-23-27/h1-8,10-11H,9H2,(H,24,28). The summed E-state index contributed by atoms with van der Waals surface area (Å²) in [6.45, 7) is -0.514. The third-order valence-corrected chi connectivity index (χ3v) is 4.04. The molecule has 2 heterocycles. The highest BCUT2D eigenvalue weighted by Crippen LogP contribution is 2.31. The zero-order valence-corrected chi connectivity index (χ0v) is 14.3. The van der Waals surface area contributed by atoms with Crippen LogP contribution >= 0.6 is 0 Å². The Morgan fingerprint density at radius 1 is 1.07 bits per heavy atom. The second-order valence-electron chi connectivity index (χ2n) is 5.94. The molecule has 0 unspecified atom stereocenters. The van der Waals surface area contributed by atoms with Crippen molar-refractivity contribution in [3.8, 4) is 5.69 Å². The van der Waals surface area contributed by atoms with Crippen LogP contribution in [0.3, 0.4) is 0 Å². The maximum Gasteiger partial charge on any atom is 0.449 e. The largest absolute Gasteiger partial charge is 0.449 e. The van der Waals surface area contributed by atoms with Gasteiger partial charge in [-0.3, -0.25) is 4.79 Å². The van der Waals surface area contributed by atoms with Crippen LogP contribution in [0.15, 0.2) is 61.2 Å². The van der Waals surface area contributed by atoms with Gasteiger partial charge in [-0.2, -0.15) is 18.3 Å². The van der Waals surface area contributed by atoms with Gasteiger partial charge < -0.3 is 9.88 Å². The van der Waals surface area contributed by atoms with E-state index in [9.17, 15) is 18.0 Å². The SMILES string of the molecule is O=C(Cn1c(C(F)(F)F)nc2ccccc21)Nc1ccc(-n2cncn2)cc1. The van der Waals surface area contributed by atoms with E-state index in [-0.39, 0.29) is 11.0 Å². The molecule has 0 saturated carbocycles. The van der Waals surface area contributed by atoms with Crippen LogP contribution in [0, 0.1) is 0 Å². The maximum absolute atomic E-state index is 13.3. The number of rotatable bonds is 4. The zero-order valence-electron chi connectivity index (χ0n) is 14.3. The smallest absolute Gasteiger partial charge is 0.325 e. The van der Waals surface area contributed by atoms with Gasteiger partial charge in [0.15, 0.2) is 0 Å². The van der Waals surface area contributed by atoms with Crippen molar-refractivity contribution < 1.29 is 18.0 Å². The maximum atomic E-state index is 13.3. The van der Waals surface area contributed by atoms with Crippen LogP contribution in [0.2, 0.25) is 0 Å². The van der Waals surface area contributed by atoms with Gasteiger partial charge in [-0.25, -0.2) is 14.6 Å². The van der Waals surface area contributed by atoms with E-state index in [4.69, 9.17) is 0 Å². The fraction of sp³-hybridized carbons (Fsp3) is 0.111. The van der Waals surface area contributed by atoms with Crippen LogP contribution in [-0.4, -0.2) is 30.2 Å². The van der Waals surface area contributed by atoms with Gasteiger partial charge in [0.05, 0.1) is 16.7 Å². The molecule has 0 aliphatic heterocycles. The molecule has 4 rings (SSSR count). The number of nitrogens with one attached hydrogen (secondary N) is 1. The van der Waals surface area contributed by atoms with Gasteiger partial charge in [-0.15, -0.1) is 0 Å². The van der Waals surface area contributed by atoms with Crippen molar-refractivity contribution >= 4 is 22.6 Å². The Hall–Kier alpha value is -3.69. The molecule has 28 heavy (non-hydrogen) atoms. The van der Waals surface area contributed by atoms with Gasteiger partial charge in [0.1, 0.15) is 19.2 Å². The van der Waals surface area contributed by atoms with Crippen molar-refractivity contribution in [2.75, 3.05) is 5.32 Å². The summed E-state index contributed by atoms with van der Waals surface area (Å²) in [7, 11) is 0. The van der Waals surface area contributed by atoms with Gasteiger partial charge in [-0.05, 0) is 36.4 Å². The van der Waals surface area contributed by atoms with Crippen molar-refractivity contribution in [2.45, 2.75) is 12.7 Å². The summed E-state index contributed by atoms with van der Waals surface area (Å²) in [6, 6.07) is 12.8. The Bertz CT molecular complexity index is 1120. The molecule has 7 nitrogen and oxygen atoms in total. The van der Waals surface area contributed by atoms with Crippen LogP contribution < -0.4 is 5.32 Å². The highest BCUT2D eigenvalue weighted by Gasteiger charge is 2.37. The molecule has 0 spiro atoms. The minimum absolute atomic E-state index is 0.180. The Morgan fingerprint density at radius 3 is 2.50 bits per heavy atom. The first-order valence-electron chi connectivity index (χ1n) is 8.19. The molecule has 0 saturated heterocycles. The van der Waals surface area contributed by atoms with E-state index < -0.39 is 24.5 Å². The highest BCUT2D eigenvalue weighted by atomic mass is 19.4. The normalized spacial score (nSPS) is 11.7. The molecule has 1 N–H and O–H groups in total. The lowest BCUT2D eigenvalue weighted by Gasteiger charge is -2.12. The number of carbonyl (C=O) groups excluding carboxylic acids is 1. The Kier molecular flexibility index (Phi) is 4.30. The molecule has 0 aliphatic carbocycles. The fourth-order valence-corrected chi connectivity index (χ4v) is 2.84. The van der Waals surface area contributed by atoms with Crippen molar-refractivity contribution in [1.82, 2.24) is 24.3 Å². The average molecular weight is 386 g/mol. The number of amides is 1. The predicted octanol–water partition coefficient (Wildman–Crippen LogP) is 3.27. The summed E-state index contributed by atoms with van der Waals surface area (Å²) in [5.74, 6) is -1.70. The molecule has 4 aromatic rings. The molecule has 2 aromatic carbocycles. The lowest BCUT2D eigenvalue weighted by atomic mass is 10.3. The first kappa shape index (κ1) is 17.7. The predicted molar refractivity (Wildman–Crippen MR) is 94.7 cm³/mol. The lowest BCUT2D eigenvalue weighted by Crippen LogP contribution is -2.23. The lowest BCUT2D eigenvalue weighted by molar-refractivity contribution is -0.147. The van der Waals surface area contributed by atoms with E-state index in [2.05, 4.69) is 20.4 Å². The second kappa shape index (κ2) is 6.80. The van der Waals surface area contributed by atoms with E-state index >= 15 is 0 Å². The van der Waals surface area contributed by atoms with Crippen molar-refractivity contribution in [2.24, 2.45) is 0 Å². The third kappa shape index (κ3) is 3.43. The first-order chi connectivity index (χ1) is 13.4. The summed E-state index contributed by atoms with van der Waals surface area (Å²) in [5, 5.41) is 6.59. The number of hydrogen-bond acceptors (Lipinski definition) is 4. The number of halogens is 3. The molecule has 10 heteroatoms. The molecular weight excluding hydrogens is 373 g/mol. The topological polar surface area (TPSA) is 77.6 Å². The Balaban J connectivity index is 1.56. The van der Waals surface area contributed by atoms with Gasteiger partial charge in [0, 0.05) is 5.69 Å². The molecular formula is C18H13F3N6O. The molecule has 0 radical (unpaired) electrons. The van der Waals surface area contributed by atoms with Crippen LogP contribution in [-0.2, 0) is 17.5 Å². The fourth-order valence-electron chi connectivity index (χ4n) is 2.84. The molecule has 2 aromatic heterocycles. The summed E-state index contributed by atoms with van der Waals surface area (Å²) >= 11 is 0. The van der Waals surface area contributed by atoms with Gasteiger partial charge in [-0.1, -0.05) is 12.1 Å². The van der Waals surface area contributed by atoms with E-state index in [1.807, 2.05) is 0 Å². The molecule has 0 atom stereocenters. The second-order valence-corrected chi connectivity index (χ2v) is 5.94. The minimum atomic E-state index is -4.67. The van der Waals surface area contributed by atoms with Crippen molar-refractivity contribution in [3.63, 3.8) is 0 Å². The summed E-state index contributed by atoms with van der Waals surface area (Å²) in [4.78, 5) is 19.8. The van der Waals surface area contributed by atoms with E-state index in [0.29, 0.717) is 5.69 Å². The van der Waals surface area contributed by atoms with E-state index in [1.165, 1.54) is 24.8 Å². The summed E-state index contributed by atoms with van der Waals surface area (Å²) in [6.07, 6.45) is -1.75. The van der Waals surface area contributed by atoms with Crippen LogP contribution in [0.5, 0.6) is 0 Å². The summed E-state index contributed by atoms with van der Waals surface area (Å²) < 4.78 is 42.4.